The zero-order valence-corrected chi connectivity index (χ0v) is 17.1. The van der Waals surface area contributed by atoms with E-state index >= 15 is 0 Å². The van der Waals surface area contributed by atoms with E-state index in [0.717, 1.165) is 36.4 Å². The number of hydrogen-bond acceptors (Lipinski definition) is 4. The summed E-state index contributed by atoms with van der Waals surface area (Å²) in [5.74, 6) is 0.0727. The molecule has 1 aromatic rings. The van der Waals surface area contributed by atoms with Gasteiger partial charge in [-0.3, -0.25) is 9.59 Å². The van der Waals surface area contributed by atoms with Crippen molar-refractivity contribution in [3.05, 3.63) is 29.8 Å². The van der Waals surface area contributed by atoms with Crippen molar-refractivity contribution < 1.29 is 18.0 Å². The van der Waals surface area contributed by atoms with E-state index in [1.165, 1.54) is 18.6 Å². The minimum absolute atomic E-state index is 0.0976. The first kappa shape index (κ1) is 20.8. The zero-order valence-electron chi connectivity index (χ0n) is 16.3. The second-order valence-corrected chi connectivity index (χ2v) is 9.56. The minimum atomic E-state index is -3.74. The van der Waals surface area contributed by atoms with Gasteiger partial charge in [0, 0.05) is 24.7 Å². The molecule has 1 heterocycles. The minimum Gasteiger partial charge on any atom is -0.354 e. The number of carbonyl (C=O) groups excluding carboxylic acids is 2. The predicted octanol–water partition coefficient (Wildman–Crippen LogP) is 1.90. The molecule has 0 radical (unpaired) electrons. The van der Waals surface area contributed by atoms with E-state index in [9.17, 15) is 18.0 Å². The van der Waals surface area contributed by atoms with Gasteiger partial charge in [-0.2, -0.15) is 4.31 Å². The van der Waals surface area contributed by atoms with Crippen LogP contribution < -0.4 is 10.6 Å². The second kappa shape index (κ2) is 9.05. The number of sulfonamides is 1. The molecule has 7 nitrogen and oxygen atoms in total. The number of nitrogens with one attached hydrogen (secondary N) is 2. The average molecular weight is 408 g/mol. The van der Waals surface area contributed by atoms with Crippen LogP contribution in [0.2, 0.25) is 0 Å². The highest BCUT2D eigenvalue weighted by molar-refractivity contribution is 7.89. The third-order valence-corrected chi connectivity index (χ3v) is 7.52. The molecule has 154 valence electrons. The first-order valence-electron chi connectivity index (χ1n) is 10.1. The molecule has 2 N–H and O–H groups in total. The van der Waals surface area contributed by atoms with Crippen molar-refractivity contribution in [2.24, 2.45) is 5.92 Å². The molecule has 0 bridgehead atoms. The van der Waals surface area contributed by atoms with Crippen molar-refractivity contribution in [2.75, 3.05) is 19.6 Å². The van der Waals surface area contributed by atoms with Crippen molar-refractivity contribution >= 4 is 21.8 Å². The molecule has 0 spiro atoms. The van der Waals surface area contributed by atoms with Crippen molar-refractivity contribution in [2.45, 2.75) is 56.4 Å². The van der Waals surface area contributed by atoms with E-state index in [0.29, 0.717) is 18.0 Å². The standard InChI is InChI=1S/C20H29N3O4S/c1-2-3-5-15-6-4-7-18(15)22-20(25)16-8-10-17(11-9-16)28(26,27)23-13-12-21-19(24)14-23/h8-11,15,18H,2-7,12-14H2,1H3,(H,21,24)(H,22,25). The molecular formula is C20H29N3O4S. The van der Waals surface area contributed by atoms with Gasteiger partial charge in [0.05, 0.1) is 11.4 Å². The lowest BCUT2D eigenvalue weighted by atomic mass is 9.96. The van der Waals surface area contributed by atoms with Crippen LogP contribution in [0, 0.1) is 5.92 Å². The summed E-state index contributed by atoms with van der Waals surface area (Å²) < 4.78 is 26.5. The highest BCUT2D eigenvalue weighted by Gasteiger charge is 2.30. The summed E-state index contributed by atoms with van der Waals surface area (Å²) in [6, 6.07) is 6.18. The summed E-state index contributed by atoms with van der Waals surface area (Å²) in [5, 5.41) is 5.74. The van der Waals surface area contributed by atoms with Gasteiger partial charge < -0.3 is 10.6 Å². The topological polar surface area (TPSA) is 95.6 Å². The van der Waals surface area contributed by atoms with Gasteiger partial charge in [-0.05, 0) is 49.4 Å². The lowest BCUT2D eigenvalue weighted by Gasteiger charge is -2.26. The van der Waals surface area contributed by atoms with Gasteiger partial charge in [-0.1, -0.05) is 26.2 Å². The molecule has 1 aliphatic carbocycles. The summed E-state index contributed by atoms with van der Waals surface area (Å²) in [4.78, 5) is 24.2. The number of amides is 2. The van der Waals surface area contributed by atoms with Crippen molar-refractivity contribution in [3.63, 3.8) is 0 Å². The summed E-state index contributed by atoms with van der Waals surface area (Å²) in [5.41, 5.74) is 0.455. The van der Waals surface area contributed by atoms with Crippen LogP contribution in [0.5, 0.6) is 0 Å². The van der Waals surface area contributed by atoms with E-state index in [2.05, 4.69) is 17.6 Å². The second-order valence-electron chi connectivity index (χ2n) is 7.63. The third kappa shape index (κ3) is 4.72. The van der Waals surface area contributed by atoms with Crippen LogP contribution in [-0.4, -0.2) is 50.2 Å². The monoisotopic (exact) mass is 407 g/mol. The Morgan fingerprint density at radius 2 is 2.00 bits per heavy atom. The van der Waals surface area contributed by atoms with Crippen LogP contribution in [0.3, 0.4) is 0 Å². The van der Waals surface area contributed by atoms with E-state index in [1.54, 1.807) is 12.1 Å². The van der Waals surface area contributed by atoms with Gasteiger partial charge in [0.15, 0.2) is 0 Å². The first-order chi connectivity index (χ1) is 13.4. The smallest absolute Gasteiger partial charge is 0.251 e. The van der Waals surface area contributed by atoms with E-state index in [4.69, 9.17) is 0 Å². The van der Waals surface area contributed by atoms with Crippen LogP contribution >= 0.6 is 0 Å². The summed E-state index contributed by atoms with van der Waals surface area (Å²) in [6.45, 7) is 2.55. The number of piperazine rings is 1. The van der Waals surface area contributed by atoms with E-state index in [1.807, 2.05) is 0 Å². The quantitative estimate of drug-likeness (QED) is 0.722. The molecule has 8 heteroatoms. The number of hydrogen-bond donors (Lipinski definition) is 2. The molecule has 3 rings (SSSR count). The summed E-state index contributed by atoms with van der Waals surface area (Å²) >= 11 is 0. The highest BCUT2D eigenvalue weighted by Crippen LogP contribution is 2.30. The van der Waals surface area contributed by atoms with Crippen LogP contribution in [-0.2, 0) is 14.8 Å². The maximum absolute atomic E-state index is 12.7. The van der Waals surface area contributed by atoms with Gasteiger partial charge in [0.25, 0.3) is 5.91 Å². The Morgan fingerprint density at radius 3 is 2.68 bits per heavy atom. The molecule has 1 saturated heterocycles. The fraction of sp³-hybridized carbons (Fsp3) is 0.600. The lowest BCUT2D eigenvalue weighted by molar-refractivity contribution is -0.122. The van der Waals surface area contributed by atoms with Gasteiger partial charge >= 0.3 is 0 Å². The molecule has 2 atom stereocenters. The molecule has 0 aromatic heterocycles. The van der Waals surface area contributed by atoms with Crippen LogP contribution in [0.25, 0.3) is 0 Å². The van der Waals surface area contributed by atoms with Crippen molar-refractivity contribution in [1.29, 1.82) is 0 Å². The van der Waals surface area contributed by atoms with Crippen molar-refractivity contribution in [1.82, 2.24) is 14.9 Å². The van der Waals surface area contributed by atoms with Gasteiger partial charge in [0.1, 0.15) is 0 Å². The number of unbranched alkanes of at least 4 members (excludes halogenated alkanes) is 1. The molecular weight excluding hydrogens is 378 g/mol. The van der Waals surface area contributed by atoms with Crippen LogP contribution in [0.4, 0.5) is 0 Å². The Hall–Kier alpha value is -1.93. The maximum Gasteiger partial charge on any atom is 0.251 e. The molecule has 28 heavy (non-hydrogen) atoms. The van der Waals surface area contributed by atoms with E-state index < -0.39 is 10.0 Å². The molecule has 1 aliphatic heterocycles. The fourth-order valence-corrected chi connectivity index (χ4v) is 5.44. The highest BCUT2D eigenvalue weighted by atomic mass is 32.2. The molecule has 2 amide bonds. The predicted molar refractivity (Wildman–Crippen MR) is 106 cm³/mol. The molecule has 1 aromatic carbocycles. The summed E-state index contributed by atoms with van der Waals surface area (Å²) in [7, 11) is -3.74. The molecule has 2 unspecified atom stereocenters. The Morgan fingerprint density at radius 1 is 1.25 bits per heavy atom. The number of rotatable bonds is 7. The fourth-order valence-electron chi connectivity index (χ4n) is 4.04. The van der Waals surface area contributed by atoms with Crippen LogP contribution in [0.15, 0.2) is 29.2 Å². The van der Waals surface area contributed by atoms with E-state index in [-0.39, 0.29) is 35.8 Å². The maximum atomic E-state index is 12.7. The van der Waals surface area contributed by atoms with Gasteiger partial charge in [-0.15, -0.1) is 0 Å². The third-order valence-electron chi connectivity index (χ3n) is 5.66. The zero-order chi connectivity index (χ0) is 20.1. The molecule has 2 fully saturated rings. The molecule has 1 saturated carbocycles. The number of carbonyl (C=O) groups is 2. The van der Waals surface area contributed by atoms with Gasteiger partial charge in [0.2, 0.25) is 15.9 Å². The van der Waals surface area contributed by atoms with Crippen molar-refractivity contribution in [3.8, 4) is 0 Å². The number of benzene rings is 1. The SMILES string of the molecule is CCCCC1CCCC1NC(=O)c1ccc(S(=O)(=O)N2CCNC(=O)C2)cc1. The van der Waals surface area contributed by atoms with Gasteiger partial charge in [-0.25, -0.2) is 8.42 Å². The Labute approximate surface area is 166 Å². The largest absolute Gasteiger partial charge is 0.354 e. The number of nitrogens with zero attached hydrogens (tertiary/aromatic N) is 1. The Balaban J connectivity index is 1.65. The normalized spacial score (nSPS) is 23.4. The lowest BCUT2D eigenvalue weighted by Crippen LogP contribution is -2.49. The first-order valence-corrected chi connectivity index (χ1v) is 11.5. The average Bonchev–Trinajstić information content (AvgIpc) is 3.13. The van der Waals surface area contributed by atoms with Crippen LogP contribution in [0.1, 0.15) is 55.8 Å². The molecule has 2 aliphatic rings. The summed E-state index contributed by atoms with van der Waals surface area (Å²) in [6.07, 6.45) is 6.78. The Bertz CT molecular complexity index is 807. The Kier molecular flexibility index (Phi) is 6.72.